The van der Waals surface area contributed by atoms with Gasteiger partial charge in [0.1, 0.15) is 0 Å². The molecule has 7 nitrogen and oxygen atoms in total. The lowest BCUT2D eigenvalue weighted by Crippen LogP contribution is -2.26. The molecule has 0 unspecified atom stereocenters. The van der Waals surface area contributed by atoms with Gasteiger partial charge < -0.3 is 9.67 Å². The van der Waals surface area contributed by atoms with Gasteiger partial charge in [0, 0.05) is 31.0 Å². The molecule has 0 spiro atoms. The van der Waals surface area contributed by atoms with Crippen molar-refractivity contribution in [3.8, 4) is 0 Å². The summed E-state index contributed by atoms with van der Waals surface area (Å²) in [4.78, 5) is 23.2. The van der Waals surface area contributed by atoms with Gasteiger partial charge in [0.25, 0.3) is 5.56 Å². The van der Waals surface area contributed by atoms with E-state index in [4.69, 9.17) is 0 Å². The molecule has 0 radical (unpaired) electrons. The van der Waals surface area contributed by atoms with Crippen LogP contribution in [0.3, 0.4) is 0 Å². The minimum Gasteiger partial charge on any atom is -0.478 e. The van der Waals surface area contributed by atoms with Gasteiger partial charge in [-0.15, -0.1) is 5.10 Å². The molecule has 2 aromatic heterocycles. The van der Waals surface area contributed by atoms with Crippen molar-refractivity contribution in [1.29, 1.82) is 0 Å². The van der Waals surface area contributed by atoms with Crippen molar-refractivity contribution in [2.75, 3.05) is 0 Å². The Morgan fingerprint density at radius 2 is 2.10 bits per heavy atom. The monoisotopic (exact) mass is 276 g/mol. The van der Waals surface area contributed by atoms with Crippen LogP contribution in [0.4, 0.5) is 0 Å². The highest BCUT2D eigenvalue weighted by Gasteiger charge is 2.15. The van der Waals surface area contributed by atoms with Gasteiger partial charge in [-0.1, -0.05) is 5.21 Å². The number of aryl methyl sites for hydroxylation is 2. The summed E-state index contributed by atoms with van der Waals surface area (Å²) >= 11 is 0. The predicted octanol–water partition coefficient (Wildman–Crippen LogP) is 0.845. The molecule has 20 heavy (non-hydrogen) atoms. The van der Waals surface area contributed by atoms with Crippen LogP contribution >= 0.6 is 0 Å². The smallest absolute Gasteiger partial charge is 0.337 e. The quantitative estimate of drug-likeness (QED) is 0.874. The standard InChI is InChI=1S/C13H16N4O3/c1-9-8-11(18)17(10(2)12(9)13(19)20)6-3-5-16-7-4-14-15-16/h4,7-8H,3,5-6H2,1-2H3,(H,19,20). The van der Waals surface area contributed by atoms with Crippen molar-refractivity contribution >= 4 is 5.97 Å². The Morgan fingerprint density at radius 3 is 2.70 bits per heavy atom. The highest BCUT2D eigenvalue weighted by Crippen LogP contribution is 2.11. The molecule has 0 fully saturated rings. The number of aromatic carboxylic acids is 1. The second-order valence-corrected chi connectivity index (χ2v) is 4.60. The summed E-state index contributed by atoms with van der Waals surface area (Å²) in [5, 5.41) is 16.7. The Labute approximate surface area is 115 Å². The number of carbonyl (C=O) groups is 1. The van der Waals surface area contributed by atoms with Crippen molar-refractivity contribution < 1.29 is 9.90 Å². The number of pyridine rings is 1. The molecular weight excluding hydrogens is 260 g/mol. The molecule has 0 bridgehead atoms. The average molecular weight is 276 g/mol. The van der Waals surface area contributed by atoms with Gasteiger partial charge in [-0.2, -0.15) is 0 Å². The third-order valence-corrected chi connectivity index (χ3v) is 3.22. The van der Waals surface area contributed by atoms with Crippen LogP contribution in [-0.4, -0.2) is 30.6 Å². The zero-order valence-electron chi connectivity index (χ0n) is 11.4. The summed E-state index contributed by atoms with van der Waals surface area (Å²) in [6.07, 6.45) is 4.01. The van der Waals surface area contributed by atoms with E-state index in [1.807, 2.05) is 0 Å². The van der Waals surface area contributed by atoms with Gasteiger partial charge in [-0.3, -0.25) is 9.48 Å². The van der Waals surface area contributed by atoms with E-state index < -0.39 is 5.97 Å². The molecule has 2 rings (SSSR count). The summed E-state index contributed by atoms with van der Waals surface area (Å²) < 4.78 is 3.17. The van der Waals surface area contributed by atoms with Gasteiger partial charge in [-0.05, 0) is 25.8 Å². The largest absolute Gasteiger partial charge is 0.478 e. The number of carboxylic acids is 1. The molecule has 0 aliphatic carbocycles. The summed E-state index contributed by atoms with van der Waals surface area (Å²) in [7, 11) is 0. The van der Waals surface area contributed by atoms with E-state index in [1.54, 1.807) is 30.9 Å². The van der Waals surface area contributed by atoms with Crippen LogP contribution in [0.15, 0.2) is 23.3 Å². The number of carboxylic acid groups (broad SMARTS) is 1. The number of hydrogen-bond acceptors (Lipinski definition) is 4. The van der Waals surface area contributed by atoms with Crippen LogP contribution in [-0.2, 0) is 13.1 Å². The van der Waals surface area contributed by atoms with E-state index in [0.29, 0.717) is 30.8 Å². The molecule has 106 valence electrons. The molecule has 2 aromatic rings. The Bertz CT molecular complexity index is 674. The van der Waals surface area contributed by atoms with Crippen LogP contribution in [0, 0.1) is 13.8 Å². The van der Waals surface area contributed by atoms with Crippen molar-refractivity contribution in [2.24, 2.45) is 0 Å². The topological polar surface area (TPSA) is 90.0 Å². The molecule has 0 saturated carbocycles. The SMILES string of the molecule is Cc1cc(=O)n(CCCn2ccnn2)c(C)c1C(=O)O. The molecule has 7 heteroatoms. The van der Waals surface area contributed by atoms with E-state index in [2.05, 4.69) is 10.3 Å². The highest BCUT2D eigenvalue weighted by molar-refractivity contribution is 5.90. The number of nitrogens with zero attached hydrogens (tertiary/aromatic N) is 4. The van der Waals surface area contributed by atoms with Crippen LogP contribution in [0.25, 0.3) is 0 Å². The lowest BCUT2D eigenvalue weighted by molar-refractivity contribution is 0.0694. The number of rotatable bonds is 5. The second-order valence-electron chi connectivity index (χ2n) is 4.60. The molecule has 1 N–H and O–H groups in total. The normalized spacial score (nSPS) is 10.7. The first-order chi connectivity index (χ1) is 9.50. The van der Waals surface area contributed by atoms with Crippen molar-refractivity contribution in [1.82, 2.24) is 19.6 Å². The fourth-order valence-electron chi connectivity index (χ4n) is 2.27. The fraction of sp³-hybridized carbons (Fsp3) is 0.385. The highest BCUT2D eigenvalue weighted by atomic mass is 16.4. The summed E-state index contributed by atoms with van der Waals surface area (Å²) in [5.41, 5.74) is 1.00. The minimum atomic E-state index is -1.01. The number of aromatic nitrogens is 4. The van der Waals surface area contributed by atoms with Crippen molar-refractivity contribution in [2.45, 2.75) is 33.4 Å². The molecule has 2 heterocycles. The van der Waals surface area contributed by atoms with E-state index in [0.717, 1.165) is 0 Å². The third kappa shape index (κ3) is 2.76. The average Bonchev–Trinajstić information content (AvgIpc) is 2.85. The molecule has 0 saturated heterocycles. The van der Waals surface area contributed by atoms with Crippen molar-refractivity contribution in [3.63, 3.8) is 0 Å². The van der Waals surface area contributed by atoms with Gasteiger partial charge in [0.15, 0.2) is 0 Å². The van der Waals surface area contributed by atoms with Gasteiger partial charge >= 0.3 is 5.97 Å². The van der Waals surface area contributed by atoms with E-state index in [9.17, 15) is 14.7 Å². The Balaban J connectivity index is 2.21. The van der Waals surface area contributed by atoms with Crippen LogP contribution < -0.4 is 5.56 Å². The molecule has 0 aromatic carbocycles. The first-order valence-electron chi connectivity index (χ1n) is 6.29. The molecule has 0 aliphatic heterocycles. The Kier molecular flexibility index (Phi) is 3.97. The zero-order chi connectivity index (χ0) is 14.7. The summed E-state index contributed by atoms with van der Waals surface area (Å²) in [5.74, 6) is -1.01. The molecule has 0 aliphatic rings. The Morgan fingerprint density at radius 1 is 1.35 bits per heavy atom. The first kappa shape index (κ1) is 14.0. The van der Waals surface area contributed by atoms with Crippen molar-refractivity contribution in [3.05, 3.63) is 45.6 Å². The summed E-state index contributed by atoms with van der Waals surface area (Å²) in [6.45, 7) is 4.37. The number of hydrogen-bond donors (Lipinski definition) is 1. The molecule has 0 amide bonds. The van der Waals surface area contributed by atoms with E-state index >= 15 is 0 Å². The minimum absolute atomic E-state index is 0.177. The lowest BCUT2D eigenvalue weighted by Gasteiger charge is -2.13. The van der Waals surface area contributed by atoms with Crippen LogP contribution in [0.1, 0.15) is 28.0 Å². The van der Waals surface area contributed by atoms with Gasteiger partial charge in [0.05, 0.1) is 11.8 Å². The van der Waals surface area contributed by atoms with Crippen LogP contribution in [0.2, 0.25) is 0 Å². The van der Waals surface area contributed by atoms with Gasteiger partial charge in [-0.25, -0.2) is 4.79 Å². The maximum Gasteiger partial charge on any atom is 0.337 e. The Hall–Kier alpha value is -2.44. The molecular formula is C13H16N4O3. The van der Waals surface area contributed by atoms with E-state index in [1.165, 1.54) is 10.6 Å². The van der Waals surface area contributed by atoms with Crippen LogP contribution in [0.5, 0.6) is 0 Å². The lowest BCUT2D eigenvalue weighted by atomic mass is 10.1. The second kappa shape index (κ2) is 5.68. The maximum absolute atomic E-state index is 12.0. The predicted molar refractivity (Wildman–Crippen MR) is 71.8 cm³/mol. The van der Waals surface area contributed by atoms with Gasteiger partial charge in [0.2, 0.25) is 0 Å². The zero-order valence-corrected chi connectivity index (χ0v) is 11.4. The third-order valence-electron chi connectivity index (χ3n) is 3.22. The van der Waals surface area contributed by atoms with E-state index in [-0.39, 0.29) is 11.1 Å². The maximum atomic E-state index is 12.0. The fourth-order valence-corrected chi connectivity index (χ4v) is 2.27. The first-order valence-corrected chi connectivity index (χ1v) is 6.29. The summed E-state index contributed by atoms with van der Waals surface area (Å²) in [6, 6.07) is 1.37. The molecule has 0 atom stereocenters.